The van der Waals surface area contributed by atoms with Gasteiger partial charge in [-0.3, -0.25) is 4.98 Å². The Kier molecular flexibility index (Phi) is 6.88. The van der Waals surface area contributed by atoms with Gasteiger partial charge in [0.2, 0.25) is 0 Å². The lowest BCUT2D eigenvalue weighted by Gasteiger charge is -2.32. The minimum absolute atomic E-state index is 0.409. The molecule has 0 atom stereocenters. The van der Waals surface area contributed by atoms with Gasteiger partial charge in [-0.05, 0) is 102 Å². The zero-order chi connectivity index (χ0) is 27.3. The first-order chi connectivity index (χ1) is 17.8. The van der Waals surface area contributed by atoms with Crippen LogP contribution in [0.15, 0.2) is 66.9 Å². The molecule has 0 N–H and O–H groups in total. The summed E-state index contributed by atoms with van der Waals surface area (Å²) >= 11 is 0. The first-order valence-electron chi connectivity index (χ1n) is 13.6. The van der Waals surface area contributed by atoms with Crippen molar-refractivity contribution < 1.29 is 18.6 Å². The van der Waals surface area contributed by atoms with Crippen LogP contribution >= 0.6 is 0 Å². The summed E-state index contributed by atoms with van der Waals surface area (Å²) in [4.78, 5) is 4.46. The van der Waals surface area contributed by atoms with Crippen LogP contribution in [-0.2, 0) is 31.5 Å². The molecule has 198 valence electrons. The molecule has 2 aliphatic heterocycles. The molecule has 0 spiro atoms. The van der Waals surface area contributed by atoms with Crippen LogP contribution in [0.3, 0.4) is 0 Å². The predicted molar refractivity (Wildman–Crippen MR) is 155 cm³/mol. The van der Waals surface area contributed by atoms with Gasteiger partial charge in [-0.2, -0.15) is 0 Å². The molecule has 3 heterocycles. The molecule has 0 radical (unpaired) electrons. The first-order valence-corrected chi connectivity index (χ1v) is 13.6. The van der Waals surface area contributed by atoms with E-state index < -0.39 is 36.6 Å². The maximum Gasteiger partial charge on any atom is 0.494 e. The second-order valence-corrected chi connectivity index (χ2v) is 12.6. The summed E-state index contributed by atoms with van der Waals surface area (Å²) in [7, 11) is -0.891. The van der Waals surface area contributed by atoms with Crippen LogP contribution < -0.4 is 10.9 Å². The normalized spacial score (nSPS) is 21.2. The Hall–Kier alpha value is -2.44. The van der Waals surface area contributed by atoms with Crippen LogP contribution in [0.5, 0.6) is 0 Å². The van der Waals surface area contributed by atoms with Crippen molar-refractivity contribution in [1.29, 1.82) is 0 Å². The molecule has 1 aromatic heterocycles. The van der Waals surface area contributed by atoms with Crippen molar-refractivity contribution in [2.75, 3.05) is 0 Å². The molecule has 2 aromatic carbocycles. The fraction of sp³-hybridized carbons (Fsp3) is 0.452. The van der Waals surface area contributed by atoms with E-state index in [1.54, 1.807) is 0 Å². The third-order valence-electron chi connectivity index (χ3n) is 8.71. The SMILES string of the molecule is CC1(C)OB(c2cc(CCc3ccc(-c4ccccn4)cc3)cc(B3OC(C)(C)C(C)(C)O3)c2)OC1(C)C. The molecule has 5 rings (SSSR count). The van der Waals surface area contributed by atoms with Crippen molar-refractivity contribution >= 4 is 25.2 Å². The summed E-state index contributed by atoms with van der Waals surface area (Å²) in [5, 5.41) is 0. The van der Waals surface area contributed by atoms with Gasteiger partial charge in [0.25, 0.3) is 0 Å². The average Bonchev–Trinajstić information content (AvgIpc) is 3.23. The summed E-state index contributed by atoms with van der Waals surface area (Å²) < 4.78 is 25.7. The van der Waals surface area contributed by atoms with E-state index in [-0.39, 0.29) is 0 Å². The highest BCUT2D eigenvalue weighted by Gasteiger charge is 2.54. The monoisotopic (exact) mass is 511 g/mol. The number of nitrogens with zero attached hydrogens (tertiary/aromatic N) is 1. The van der Waals surface area contributed by atoms with E-state index >= 15 is 0 Å². The number of hydrogen-bond donors (Lipinski definition) is 0. The maximum absolute atomic E-state index is 6.41. The Morgan fingerprint density at radius 3 is 1.50 bits per heavy atom. The van der Waals surface area contributed by atoms with E-state index in [1.165, 1.54) is 11.1 Å². The van der Waals surface area contributed by atoms with Crippen molar-refractivity contribution in [1.82, 2.24) is 4.98 Å². The second-order valence-electron chi connectivity index (χ2n) is 12.6. The largest absolute Gasteiger partial charge is 0.494 e. The topological polar surface area (TPSA) is 49.8 Å². The Bertz CT molecular complexity index is 1200. The van der Waals surface area contributed by atoms with Crippen LogP contribution in [0.25, 0.3) is 11.3 Å². The molecule has 0 saturated carbocycles. The quantitative estimate of drug-likeness (QED) is 0.430. The van der Waals surface area contributed by atoms with Gasteiger partial charge >= 0.3 is 14.2 Å². The first kappa shape index (κ1) is 27.1. The molecule has 2 aliphatic rings. The average molecular weight is 511 g/mol. The number of benzene rings is 2. The highest BCUT2D eigenvalue weighted by molar-refractivity contribution is 6.66. The number of aryl methyl sites for hydroxylation is 2. The standard InChI is InChI=1S/C31H39B2NO4/c1-28(2)29(3,4)36-32(35-28)25-19-23(20-26(21-25)33-37-30(5,6)31(7,8)38-33)13-12-22-14-16-24(17-15-22)27-11-9-10-18-34-27/h9-11,14-21H,12-13H2,1-8H3. The van der Waals surface area contributed by atoms with Crippen LogP contribution in [0.2, 0.25) is 0 Å². The van der Waals surface area contributed by atoms with Gasteiger partial charge in [0.15, 0.2) is 0 Å². The van der Waals surface area contributed by atoms with Gasteiger partial charge in [-0.15, -0.1) is 0 Å². The fourth-order valence-corrected chi connectivity index (χ4v) is 4.78. The van der Waals surface area contributed by atoms with E-state index in [0.717, 1.165) is 35.0 Å². The molecule has 38 heavy (non-hydrogen) atoms. The summed E-state index contributed by atoms with van der Waals surface area (Å²) in [5.41, 5.74) is 4.95. The van der Waals surface area contributed by atoms with Gasteiger partial charge in [-0.1, -0.05) is 48.5 Å². The molecular weight excluding hydrogens is 472 g/mol. The Morgan fingerprint density at radius 1 is 0.579 bits per heavy atom. The van der Waals surface area contributed by atoms with Gasteiger partial charge in [0.1, 0.15) is 0 Å². The molecule has 0 unspecified atom stereocenters. The van der Waals surface area contributed by atoms with E-state index in [0.29, 0.717) is 0 Å². The summed E-state index contributed by atoms with van der Waals surface area (Å²) in [6.45, 7) is 16.7. The lowest BCUT2D eigenvalue weighted by Crippen LogP contribution is -2.41. The number of pyridine rings is 1. The molecule has 7 heteroatoms. The van der Waals surface area contributed by atoms with E-state index in [2.05, 4.69) is 103 Å². The lowest BCUT2D eigenvalue weighted by molar-refractivity contribution is 0.00578. The number of hydrogen-bond acceptors (Lipinski definition) is 5. The van der Waals surface area contributed by atoms with Gasteiger partial charge in [-0.25, -0.2) is 0 Å². The third kappa shape index (κ3) is 5.22. The zero-order valence-electron chi connectivity index (χ0n) is 24.0. The van der Waals surface area contributed by atoms with Crippen molar-refractivity contribution in [2.45, 2.75) is 90.6 Å². The maximum atomic E-state index is 6.41. The number of rotatable bonds is 6. The summed E-state index contributed by atoms with van der Waals surface area (Å²) in [5.74, 6) is 0. The molecule has 0 aliphatic carbocycles. The van der Waals surface area contributed by atoms with Crippen LogP contribution in [0.1, 0.15) is 66.5 Å². The Labute approximate surface area is 228 Å². The molecular formula is C31H39B2NO4. The van der Waals surface area contributed by atoms with Crippen molar-refractivity contribution in [2.24, 2.45) is 0 Å². The van der Waals surface area contributed by atoms with Crippen LogP contribution in [0.4, 0.5) is 0 Å². The van der Waals surface area contributed by atoms with Crippen LogP contribution in [-0.4, -0.2) is 41.6 Å². The zero-order valence-corrected chi connectivity index (χ0v) is 24.0. The van der Waals surface area contributed by atoms with Crippen molar-refractivity contribution in [3.05, 3.63) is 78.0 Å². The van der Waals surface area contributed by atoms with E-state index in [9.17, 15) is 0 Å². The molecule has 0 amide bonds. The van der Waals surface area contributed by atoms with Gasteiger partial charge in [0, 0.05) is 11.8 Å². The highest BCUT2D eigenvalue weighted by atomic mass is 16.7. The van der Waals surface area contributed by atoms with Crippen molar-refractivity contribution in [3.8, 4) is 11.3 Å². The number of aromatic nitrogens is 1. The van der Waals surface area contributed by atoms with E-state index in [4.69, 9.17) is 18.6 Å². The Balaban J connectivity index is 1.40. The summed E-state index contributed by atoms with van der Waals surface area (Å²) in [6.07, 6.45) is 3.62. The van der Waals surface area contributed by atoms with Gasteiger partial charge in [0.05, 0.1) is 28.1 Å². The lowest BCUT2D eigenvalue weighted by atomic mass is 9.70. The second kappa shape index (κ2) is 9.63. The summed E-state index contributed by atoms with van der Waals surface area (Å²) in [6, 6.07) is 21.2. The molecule has 0 bridgehead atoms. The predicted octanol–water partition coefficient (Wildman–Crippen LogP) is 5.13. The molecule has 2 saturated heterocycles. The minimum Gasteiger partial charge on any atom is -0.399 e. The van der Waals surface area contributed by atoms with Crippen molar-refractivity contribution in [3.63, 3.8) is 0 Å². The highest BCUT2D eigenvalue weighted by Crippen LogP contribution is 2.38. The van der Waals surface area contributed by atoms with Crippen LogP contribution in [0, 0.1) is 0 Å². The minimum atomic E-state index is -0.446. The molecule has 5 nitrogen and oxygen atoms in total. The molecule has 3 aromatic rings. The smallest absolute Gasteiger partial charge is 0.399 e. The third-order valence-corrected chi connectivity index (χ3v) is 8.71. The van der Waals surface area contributed by atoms with Gasteiger partial charge < -0.3 is 18.6 Å². The molecule has 2 fully saturated rings. The fourth-order valence-electron chi connectivity index (χ4n) is 4.78. The van der Waals surface area contributed by atoms with E-state index in [1.807, 2.05) is 24.4 Å². The Morgan fingerprint density at radius 2 is 1.05 bits per heavy atom.